The van der Waals surface area contributed by atoms with Crippen molar-refractivity contribution in [3.8, 4) is 0 Å². The van der Waals surface area contributed by atoms with Gasteiger partial charge in [-0.05, 0) is 56.0 Å². The fraction of sp³-hybridized carbons (Fsp3) is 0.381. The van der Waals surface area contributed by atoms with Gasteiger partial charge in [0.05, 0.1) is 18.4 Å². The Labute approximate surface area is 159 Å². The first-order chi connectivity index (χ1) is 13.1. The summed E-state index contributed by atoms with van der Waals surface area (Å²) in [6, 6.07) is 11.1. The number of likely N-dealkylation sites (tertiary alicyclic amines) is 1. The Bertz CT molecular complexity index is 812. The largest absolute Gasteiger partial charge is 0.465 e. The number of amides is 1. The molecule has 142 valence electrons. The van der Waals surface area contributed by atoms with Crippen LogP contribution < -0.4 is 5.32 Å². The van der Waals surface area contributed by atoms with Crippen LogP contribution in [0.5, 0.6) is 0 Å². The van der Waals surface area contributed by atoms with Crippen molar-refractivity contribution in [2.45, 2.75) is 32.7 Å². The van der Waals surface area contributed by atoms with Gasteiger partial charge in [-0.3, -0.25) is 4.79 Å². The zero-order valence-electron chi connectivity index (χ0n) is 15.8. The number of aryl methyl sites for hydroxylation is 1. The van der Waals surface area contributed by atoms with Crippen LogP contribution in [0.15, 0.2) is 36.4 Å². The molecule has 1 amide bonds. The molecule has 1 aliphatic rings. The van der Waals surface area contributed by atoms with Crippen LogP contribution in [0.3, 0.4) is 0 Å². The summed E-state index contributed by atoms with van der Waals surface area (Å²) in [5.41, 5.74) is 2.87. The maximum absolute atomic E-state index is 12.5. The van der Waals surface area contributed by atoms with Crippen LogP contribution in [0.25, 0.3) is 0 Å². The summed E-state index contributed by atoms with van der Waals surface area (Å²) in [6.07, 6.45) is 3.40. The second-order valence-electron chi connectivity index (χ2n) is 6.72. The van der Waals surface area contributed by atoms with Gasteiger partial charge in [0.15, 0.2) is 0 Å². The molecule has 1 aromatic heterocycles. The summed E-state index contributed by atoms with van der Waals surface area (Å²) in [5.74, 6) is 0.416. The lowest BCUT2D eigenvalue weighted by Gasteiger charge is -2.26. The molecule has 0 aliphatic carbocycles. The monoisotopic (exact) mass is 367 g/mol. The highest BCUT2D eigenvalue weighted by Crippen LogP contribution is 2.15. The predicted octanol–water partition coefficient (Wildman–Crippen LogP) is 3.41. The third-order valence-electron chi connectivity index (χ3n) is 4.81. The van der Waals surface area contributed by atoms with Gasteiger partial charge in [-0.1, -0.05) is 12.1 Å². The Hall–Kier alpha value is -2.89. The molecular formula is C21H25N3O3. The topological polar surface area (TPSA) is 71.5 Å². The Kier molecular flexibility index (Phi) is 6.06. The summed E-state index contributed by atoms with van der Waals surface area (Å²) in [4.78, 5) is 30.4. The van der Waals surface area contributed by atoms with Gasteiger partial charge in [0.2, 0.25) is 0 Å². The van der Waals surface area contributed by atoms with Crippen LogP contribution in [0.4, 0.5) is 5.82 Å². The van der Waals surface area contributed by atoms with Crippen molar-refractivity contribution in [3.63, 3.8) is 0 Å². The van der Waals surface area contributed by atoms with E-state index in [0.29, 0.717) is 23.6 Å². The van der Waals surface area contributed by atoms with Crippen molar-refractivity contribution in [2.24, 2.45) is 0 Å². The third kappa shape index (κ3) is 4.64. The maximum Gasteiger partial charge on any atom is 0.339 e. The molecule has 6 heteroatoms. The van der Waals surface area contributed by atoms with E-state index in [1.165, 1.54) is 13.5 Å². The summed E-state index contributed by atoms with van der Waals surface area (Å²) in [6.45, 7) is 4.07. The van der Waals surface area contributed by atoms with Crippen molar-refractivity contribution < 1.29 is 14.3 Å². The molecule has 1 aromatic carbocycles. The summed E-state index contributed by atoms with van der Waals surface area (Å²) >= 11 is 0. The number of carbonyl (C=O) groups excluding carboxylic acids is 2. The van der Waals surface area contributed by atoms with E-state index in [9.17, 15) is 9.59 Å². The molecule has 6 nitrogen and oxygen atoms in total. The molecule has 1 aliphatic heterocycles. The van der Waals surface area contributed by atoms with Gasteiger partial charge in [0.25, 0.3) is 5.91 Å². The number of aromatic nitrogens is 1. The molecular weight excluding hydrogens is 342 g/mol. The van der Waals surface area contributed by atoms with Gasteiger partial charge < -0.3 is 15.0 Å². The summed E-state index contributed by atoms with van der Waals surface area (Å²) in [5, 5.41) is 3.24. The van der Waals surface area contributed by atoms with E-state index in [1.807, 2.05) is 29.2 Å². The number of hydrogen-bond donors (Lipinski definition) is 1. The minimum absolute atomic E-state index is 0.116. The van der Waals surface area contributed by atoms with E-state index in [4.69, 9.17) is 4.74 Å². The average Bonchev–Trinajstić information content (AvgIpc) is 2.72. The number of pyridine rings is 1. The molecule has 2 heterocycles. The van der Waals surface area contributed by atoms with Gasteiger partial charge >= 0.3 is 5.97 Å². The SMILES string of the molecule is COC(=O)c1ccc(NCc2ccc(C(=O)N3CCCCC3)cc2)nc1C. The van der Waals surface area contributed by atoms with Crippen LogP contribution in [0.2, 0.25) is 0 Å². The van der Waals surface area contributed by atoms with Crippen LogP contribution in [-0.2, 0) is 11.3 Å². The lowest BCUT2D eigenvalue weighted by molar-refractivity contribution is 0.0599. The molecule has 1 fully saturated rings. The predicted molar refractivity (Wildman–Crippen MR) is 104 cm³/mol. The summed E-state index contributed by atoms with van der Waals surface area (Å²) < 4.78 is 4.73. The molecule has 0 saturated carbocycles. The molecule has 0 atom stereocenters. The lowest BCUT2D eigenvalue weighted by Crippen LogP contribution is -2.35. The number of benzene rings is 1. The number of methoxy groups -OCH3 is 1. The number of piperidine rings is 1. The second kappa shape index (κ2) is 8.66. The normalized spacial score (nSPS) is 13.9. The molecule has 0 bridgehead atoms. The van der Waals surface area contributed by atoms with Crippen molar-refractivity contribution in [2.75, 3.05) is 25.5 Å². The molecule has 27 heavy (non-hydrogen) atoms. The number of anilines is 1. The zero-order valence-corrected chi connectivity index (χ0v) is 15.8. The quantitative estimate of drug-likeness (QED) is 0.820. The van der Waals surface area contributed by atoms with Gasteiger partial charge in [-0.15, -0.1) is 0 Å². The van der Waals surface area contributed by atoms with Gasteiger partial charge in [0.1, 0.15) is 5.82 Å². The second-order valence-corrected chi connectivity index (χ2v) is 6.72. The van der Waals surface area contributed by atoms with Crippen molar-refractivity contribution in [1.29, 1.82) is 0 Å². The zero-order chi connectivity index (χ0) is 19.2. The smallest absolute Gasteiger partial charge is 0.339 e. The Morgan fingerprint density at radius 3 is 2.41 bits per heavy atom. The molecule has 1 N–H and O–H groups in total. The van der Waals surface area contributed by atoms with Crippen LogP contribution in [0.1, 0.15) is 51.2 Å². The lowest BCUT2D eigenvalue weighted by atomic mass is 10.1. The van der Waals surface area contributed by atoms with E-state index in [-0.39, 0.29) is 11.9 Å². The Morgan fingerprint density at radius 2 is 1.78 bits per heavy atom. The highest BCUT2D eigenvalue weighted by molar-refractivity contribution is 5.94. The number of esters is 1. The number of nitrogens with zero attached hydrogens (tertiary/aromatic N) is 2. The van der Waals surface area contributed by atoms with Crippen molar-refractivity contribution >= 4 is 17.7 Å². The molecule has 0 unspecified atom stereocenters. The number of rotatable bonds is 5. The van der Waals surface area contributed by atoms with E-state index in [0.717, 1.165) is 37.1 Å². The Morgan fingerprint density at radius 1 is 1.07 bits per heavy atom. The van der Waals surface area contributed by atoms with Crippen molar-refractivity contribution in [1.82, 2.24) is 9.88 Å². The van der Waals surface area contributed by atoms with Gasteiger partial charge in [0, 0.05) is 25.2 Å². The molecule has 3 rings (SSSR count). The highest BCUT2D eigenvalue weighted by atomic mass is 16.5. The molecule has 1 saturated heterocycles. The number of carbonyl (C=O) groups is 2. The molecule has 2 aromatic rings. The first-order valence-corrected chi connectivity index (χ1v) is 9.26. The first kappa shape index (κ1) is 18.9. The Balaban J connectivity index is 1.59. The fourth-order valence-electron chi connectivity index (χ4n) is 3.22. The fourth-order valence-corrected chi connectivity index (χ4v) is 3.22. The van der Waals surface area contributed by atoms with Gasteiger partial charge in [-0.2, -0.15) is 0 Å². The average molecular weight is 367 g/mol. The number of ether oxygens (including phenoxy) is 1. The third-order valence-corrected chi connectivity index (χ3v) is 4.81. The van der Waals surface area contributed by atoms with E-state index < -0.39 is 0 Å². The standard InChI is InChI=1S/C21H25N3O3/c1-15-18(21(26)27-2)10-11-19(23-15)22-14-16-6-8-17(9-7-16)20(25)24-12-4-3-5-13-24/h6-11H,3-5,12-14H2,1-2H3,(H,22,23). The minimum atomic E-state index is -0.388. The van der Waals surface area contributed by atoms with E-state index in [2.05, 4.69) is 10.3 Å². The summed E-state index contributed by atoms with van der Waals surface area (Å²) in [7, 11) is 1.35. The maximum atomic E-state index is 12.5. The first-order valence-electron chi connectivity index (χ1n) is 9.26. The highest BCUT2D eigenvalue weighted by Gasteiger charge is 2.17. The van der Waals surface area contributed by atoms with Crippen LogP contribution in [-0.4, -0.2) is 42.0 Å². The number of hydrogen-bond acceptors (Lipinski definition) is 5. The van der Waals surface area contributed by atoms with Crippen LogP contribution in [0, 0.1) is 6.92 Å². The molecule has 0 spiro atoms. The van der Waals surface area contributed by atoms with E-state index in [1.54, 1.807) is 19.1 Å². The van der Waals surface area contributed by atoms with Gasteiger partial charge in [-0.25, -0.2) is 9.78 Å². The van der Waals surface area contributed by atoms with Crippen molar-refractivity contribution in [3.05, 3.63) is 58.8 Å². The number of nitrogens with one attached hydrogen (secondary N) is 1. The van der Waals surface area contributed by atoms with E-state index >= 15 is 0 Å². The van der Waals surface area contributed by atoms with Crippen LogP contribution >= 0.6 is 0 Å². The molecule has 0 radical (unpaired) electrons. The minimum Gasteiger partial charge on any atom is -0.465 e.